The fraction of sp³-hybridized carbons (Fsp3) is 0.500. The SMILES string of the molecule is N#C[C@@H]1[C@H](C#N)[C@H]2CC[C@H]1[C@@H]1[C@H]2N1c1ccccc1. The summed E-state index contributed by atoms with van der Waals surface area (Å²) in [7, 11) is 0. The normalized spacial score (nSPS) is 42.1. The van der Waals surface area contributed by atoms with Gasteiger partial charge < -0.3 is 4.90 Å². The van der Waals surface area contributed by atoms with Crippen molar-refractivity contribution in [2.75, 3.05) is 4.90 Å². The Balaban J connectivity index is 1.71. The summed E-state index contributed by atoms with van der Waals surface area (Å²) in [5.41, 5.74) is 1.25. The molecule has 1 aromatic carbocycles. The van der Waals surface area contributed by atoms with E-state index in [1.807, 2.05) is 6.07 Å². The minimum atomic E-state index is -0.0567. The van der Waals surface area contributed by atoms with Crippen LogP contribution in [0.25, 0.3) is 0 Å². The lowest BCUT2D eigenvalue weighted by molar-refractivity contribution is 0.122. The number of fused-ring (bicyclic) bond motifs is 2. The highest BCUT2D eigenvalue weighted by Crippen LogP contribution is 2.60. The molecule has 4 aliphatic rings. The van der Waals surface area contributed by atoms with Gasteiger partial charge in [-0.05, 0) is 36.8 Å². The van der Waals surface area contributed by atoms with Gasteiger partial charge in [0.05, 0.1) is 36.1 Å². The van der Waals surface area contributed by atoms with Crippen molar-refractivity contribution in [1.82, 2.24) is 0 Å². The van der Waals surface area contributed by atoms with E-state index in [9.17, 15) is 10.5 Å². The molecule has 4 fully saturated rings. The molecular weight excluding hydrogens is 234 g/mol. The zero-order valence-corrected chi connectivity index (χ0v) is 10.6. The third kappa shape index (κ3) is 1.31. The first-order chi connectivity index (χ1) is 9.36. The molecule has 0 spiro atoms. The number of nitrogens with zero attached hydrogens (tertiary/aromatic N) is 3. The average Bonchev–Trinajstić information content (AvgIpc) is 3.24. The molecule has 5 rings (SSSR count). The summed E-state index contributed by atoms with van der Waals surface area (Å²) in [6, 6.07) is 16.3. The van der Waals surface area contributed by atoms with Gasteiger partial charge in [-0.15, -0.1) is 0 Å². The third-order valence-corrected chi connectivity index (χ3v) is 5.28. The molecule has 3 aliphatic carbocycles. The van der Waals surface area contributed by atoms with Crippen LogP contribution in [0, 0.1) is 46.3 Å². The summed E-state index contributed by atoms with van der Waals surface area (Å²) in [6.45, 7) is 0. The molecule has 0 amide bonds. The van der Waals surface area contributed by atoms with Gasteiger partial charge in [0.15, 0.2) is 0 Å². The second kappa shape index (κ2) is 3.75. The topological polar surface area (TPSA) is 50.6 Å². The van der Waals surface area contributed by atoms with Crippen molar-refractivity contribution < 1.29 is 0 Å². The molecule has 3 saturated carbocycles. The molecule has 6 atom stereocenters. The van der Waals surface area contributed by atoms with Crippen LogP contribution in [-0.4, -0.2) is 12.1 Å². The van der Waals surface area contributed by atoms with Crippen molar-refractivity contribution in [3.8, 4) is 12.1 Å². The van der Waals surface area contributed by atoms with E-state index in [-0.39, 0.29) is 11.8 Å². The van der Waals surface area contributed by atoms with E-state index in [1.165, 1.54) is 5.69 Å². The van der Waals surface area contributed by atoms with E-state index in [4.69, 9.17) is 0 Å². The molecule has 3 nitrogen and oxygen atoms in total. The summed E-state index contributed by atoms with van der Waals surface area (Å²) >= 11 is 0. The van der Waals surface area contributed by atoms with E-state index < -0.39 is 0 Å². The Morgan fingerprint density at radius 2 is 1.42 bits per heavy atom. The van der Waals surface area contributed by atoms with Crippen LogP contribution in [0.5, 0.6) is 0 Å². The van der Waals surface area contributed by atoms with Gasteiger partial charge in [0, 0.05) is 5.69 Å². The summed E-state index contributed by atoms with van der Waals surface area (Å²) in [6.07, 6.45) is 2.23. The zero-order chi connectivity index (χ0) is 13.0. The first-order valence-electron chi connectivity index (χ1n) is 6.99. The van der Waals surface area contributed by atoms with E-state index in [0.717, 1.165) is 12.8 Å². The van der Waals surface area contributed by atoms with Gasteiger partial charge >= 0.3 is 0 Å². The number of benzene rings is 1. The summed E-state index contributed by atoms with van der Waals surface area (Å²) < 4.78 is 0. The molecule has 0 N–H and O–H groups in total. The van der Waals surface area contributed by atoms with Crippen LogP contribution in [-0.2, 0) is 0 Å². The molecule has 3 heteroatoms. The molecule has 94 valence electrons. The minimum absolute atomic E-state index is 0.0567. The molecule has 0 aromatic heterocycles. The monoisotopic (exact) mass is 249 g/mol. The Morgan fingerprint density at radius 3 is 1.89 bits per heavy atom. The van der Waals surface area contributed by atoms with Gasteiger partial charge in [0.2, 0.25) is 0 Å². The lowest BCUT2D eigenvalue weighted by Gasteiger charge is -2.40. The molecule has 1 heterocycles. The number of rotatable bonds is 1. The molecule has 1 aromatic rings. The Bertz CT molecular complexity index is 548. The predicted octanol–water partition coefficient (Wildman–Crippen LogP) is 2.56. The molecule has 0 unspecified atom stereocenters. The highest BCUT2D eigenvalue weighted by atomic mass is 15.4. The standard InChI is InChI=1S/C16H15N3/c17-8-13-11-6-7-12(14(13)9-18)16-15(11)19(16)10-4-2-1-3-5-10/h1-5,11-16H,6-7H2/t11-,12-,13-,14+,15+,16-,19?/m1/s1. The van der Waals surface area contributed by atoms with Gasteiger partial charge in [0.1, 0.15) is 0 Å². The lowest BCUT2D eigenvalue weighted by Crippen LogP contribution is -2.44. The summed E-state index contributed by atoms with van der Waals surface area (Å²) in [5.74, 6) is 0.673. The van der Waals surface area contributed by atoms with E-state index in [2.05, 4.69) is 41.3 Å². The zero-order valence-electron chi connectivity index (χ0n) is 10.6. The second-order valence-electron chi connectivity index (χ2n) is 5.94. The Hall–Kier alpha value is -2.00. The van der Waals surface area contributed by atoms with E-state index in [1.54, 1.807) is 0 Å². The predicted molar refractivity (Wildman–Crippen MR) is 70.9 cm³/mol. The van der Waals surface area contributed by atoms with Crippen LogP contribution in [0.3, 0.4) is 0 Å². The van der Waals surface area contributed by atoms with Crippen molar-refractivity contribution in [3.05, 3.63) is 30.3 Å². The largest absolute Gasteiger partial charge is 0.361 e. The van der Waals surface area contributed by atoms with Gasteiger partial charge in [-0.2, -0.15) is 10.5 Å². The van der Waals surface area contributed by atoms with Crippen LogP contribution in [0.2, 0.25) is 0 Å². The maximum absolute atomic E-state index is 9.39. The molecule has 0 radical (unpaired) electrons. The minimum Gasteiger partial charge on any atom is -0.361 e. The maximum Gasteiger partial charge on any atom is 0.0673 e. The summed E-state index contributed by atoms with van der Waals surface area (Å²) in [4.78, 5) is 2.45. The number of hydrogen-bond acceptors (Lipinski definition) is 3. The fourth-order valence-electron chi connectivity index (χ4n) is 4.53. The number of para-hydroxylation sites is 1. The lowest BCUT2D eigenvalue weighted by atomic mass is 9.59. The van der Waals surface area contributed by atoms with Gasteiger partial charge in [-0.1, -0.05) is 18.2 Å². The quantitative estimate of drug-likeness (QED) is 0.719. The van der Waals surface area contributed by atoms with Crippen LogP contribution in [0.4, 0.5) is 5.69 Å². The van der Waals surface area contributed by atoms with Gasteiger partial charge in [0.25, 0.3) is 0 Å². The molecule has 2 bridgehead atoms. The summed E-state index contributed by atoms with van der Waals surface area (Å²) in [5, 5.41) is 18.8. The fourth-order valence-corrected chi connectivity index (χ4v) is 4.53. The van der Waals surface area contributed by atoms with E-state index >= 15 is 0 Å². The van der Waals surface area contributed by atoms with Crippen molar-refractivity contribution >= 4 is 5.69 Å². The Morgan fingerprint density at radius 1 is 0.895 bits per heavy atom. The number of hydrogen-bond donors (Lipinski definition) is 0. The maximum atomic E-state index is 9.39. The highest BCUT2D eigenvalue weighted by molar-refractivity contribution is 5.59. The van der Waals surface area contributed by atoms with Gasteiger partial charge in [-0.25, -0.2) is 0 Å². The van der Waals surface area contributed by atoms with Crippen molar-refractivity contribution in [2.45, 2.75) is 24.9 Å². The van der Waals surface area contributed by atoms with Crippen molar-refractivity contribution in [2.24, 2.45) is 23.7 Å². The van der Waals surface area contributed by atoms with Crippen LogP contribution in [0.1, 0.15) is 12.8 Å². The molecule has 1 saturated heterocycles. The van der Waals surface area contributed by atoms with Crippen LogP contribution < -0.4 is 4.90 Å². The molecule has 19 heavy (non-hydrogen) atoms. The average molecular weight is 249 g/mol. The Labute approximate surface area is 113 Å². The number of anilines is 1. The first-order valence-corrected chi connectivity index (χ1v) is 6.99. The highest BCUT2D eigenvalue weighted by Gasteiger charge is 2.67. The van der Waals surface area contributed by atoms with Crippen LogP contribution >= 0.6 is 0 Å². The smallest absolute Gasteiger partial charge is 0.0673 e. The van der Waals surface area contributed by atoms with Crippen molar-refractivity contribution in [3.63, 3.8) is 0 Å². The second-order valence-corrected chi connectivity index (χ2v) is 5.94. The van der Waals surface area contributed by atoms with Gasteiger partial charge in [-0.3, -0.25) is 0 Å². The number of nitriles is 2. The Kier molecular flexibility index (Phi) is 2.15. The van der Waals surface area contributed by atoms with Crippen molar-refractivity contribution in [1.29, 1.82) is 10.5 Å². The van der Waals surface area contributed by atoms with Crippen LogP contribution in [0.15, 0.2) is 30.3 Å². The van der Waals surface area contributed by atoms with E-state index in [0.29, 0.717) is 23.9 Å². The third-order valence-electron chi connectivity index (χ3n) is 5.28. The molecule has 1 aliphatic heterocycles. The first kappa shape index (κ1) is 10.9. The molecular formula is C16H15N3.